The number of fused-ring (bicyclic) bond motifs is 1. The Hall–Kier alpha value is -3.58. The topological polar surface area (TPSA) is 55.1 Å². The third kappa shape index (κ3) is 5.42. The van der Waals surface area contributed by atoms with Crippen molar-refractivity contribution in [1.82, 2.24) is 19.5 Å². The predicted molar refractivity (Wildman–Crippen MR) is 149 cm³/mol. The minimum atomic E-state index is -0.0675. The molecule has 3 heterocycles. The number of rotatable bonds is 7. The molecule has 1 aliphatic heterocycles. The molecule has 1 fully saturated rings. The molecule has 0 saturated carbocycles. The van der Waals surface area contributed by atoms with Crippen LogP contribution in [0.25, 0.3) is 16.8 Å². The molecule has 4 aromatic rings. The fourth-order valence-electron chi connectivity index (χ4n) is 4.84. The Kier molecular flexibility index (Phi) is 7.07. The Balaban J connectivity index is 1.34. The molecule has 0 atom stereocenters. The predicted octanol–water partition coefficient (Wildman–Crippen LogP) is 5.21. The first-order valence-electron chi connectivity index (χ1n) is 13.0. The minimum absolute atomic E-state index is 0.0675. The van der Waals surface area contributed by atoms with E-state index in [1.54, 1.807) is 7.11 Å². The highest BCUT2D eigenvalue weighted by Crippen LogP contribution is 2.33. The van der Waals surface area contributed by atoms with Crippen molar-refractivity contribution in [2.24, 2.45) is 0 Å². The zero-order chi connectivity index (χ0) is 26.0. The average Bonchev–Trinajstić information content (AvgIpc) is 3.24. The average molecular weight is 500 g/mol. The van der Waals surface area contributed by atoms with Crippen molar-refractivity contribution in [3.05, 3.63) is 72.1 Å². The molecule has 0 aliphatic carbocycles. The smallest absolute Gasteiger partial charge is 0.165 e. The van der Waals surface area contributed by atoms with Crippen molar-refractivity contribution < 1.29 is 9.47 Å². The van der Waals surface area contributed by atoms with E-state index in [-0.39, 0.29) is 5.41 Å². The van der Waals surface area contributed by atoms with Crippen LogP contribution >= 0.6 is 0 Å². The number of benzene rings is 2. The number of aromatic nitrogens is 3. The molecule has 0 radical (unpaired) electrons. The summed E-state index contributed by atoms with van der Waals surface area (Å²) in [7, 11) is 1.67. The summed E-state index contributed by atoms with van der Waals surface area (Å²) in [6.07, 6.45) is 0. The van der Waals surface area contributed by atoms with E-state index in [9.17, 15) is 0 Å². The molecule has 2 aromatic heterocycles. The number of piperazine rings is 1. The van der Waals surface area contributed by atoms with Gasteiger partial charge in [-0.3, -0.25) is 4.90 Å². The van der Waals surface area contributed by atoms with Crippen molar-refractivity contribution in [3.63, 3.8) is 0 Å². The maximum absolute atomic E-state index is 5.97. The number of anilines is 1. The standard InChI is InChI=1S/C30H37N5O2/c1-22-28(23-10-7-6-8-11-23)29-31-26(30(2,3)4)21-27(35(29)32-22)34-16-14-33(15-17-34)18-19-37-25-13-9-12-24(20-25)36-5/h6-13,20-21H,14-19H2,1-5H3. The van der Waals surface area contributed by atoms with Crippen molar-refractivity contribution in [2.45, 2.75) is 33.1 Å². The monoisotopic (exact) mass is 499 g/mol. The molecule has 1 saturated heterocycles. The van der Waals surface area contributed by atoms with Gasteiger partial charge in [0.2, 0.25) is 0 Å². The molecule has 0 unspecified atom stereocenters. The van der Waals surface area contributed by atoms with Gasteiger partial charge in [-0.25, -0.2) is 4.98 Å². The van der Waals surface area contributed by atoms with Gasteiger partial charge in [-0.15, -0.1) is 0 Å². The Labute approximate surface area is 219 Å². The maximum Gasteiger partial charge on any atom is 0.165 e. The third-order valence-electron chi connectivity index (χ3n) is 6.99. The van der Waals surface area contributed by atoms with Crippen LogP contribution in [0.15, 0.2) is 60.7 Å². The van der Waals surface area contributed by atoms with E-state index in [2.05, 4.69) is 72.3 Å². The van der Waals surface area contributed by atoms with E-state index in [0.29, 0.717) is 6.61 Å². The first-order chi connectivity index (χ1) is 17.8. The van der Waals surface area contributed by atoms with Crippen molar-refractivity contribution in [2.75, 3.05) is 51.3 Å². The molecule has 1 aliphatic rings. The van der Waals surface area contributed by atoms with Crippen LogP contribution in [0.1, 0.15) is 32.2 Å². The summed E-state index contributed by atoms with van der Waals surface area (Å²) in [5.41, 5.74) is 5.21. The first-order valence-corrected chi connectivity index (χ1v) is 13.0. The van der Waals surface area contributed by atoms with Crippen LogP contribution in [-0.4, -0.2) is 65.9 Å². The van der Waals surface area contributed by atoms with E-state index < -0.39 is 0 Å². The van der Waals surface area contributed by atoms with E-state index in [1.807, 2.05) is 30.3 Å². The highest BCUT2D eigenvalue weighted by atomic mass is 16.5. The molecular formula is C30H37N5O2. The summed E-state index contributed by atoms with van der Waals surface area (Å²) in [5, 5.41) is 4.97. The van der Waals surface area contributed by atoms with Crippen molar-refractivity contribution >= 4 is 11.5 Å². The fourth-order valence-corrected chi connectivity index (χ4v) is 4.84. The molecule has 37 heavy (non-hydrogen) atoms. The minimum Gasteiger partial charge on any atom is -0.497 e. The highest BCUT2D eigenvalue weighted by Gasteiger charge is 2.26. The van der Waals surface area contributed by atoms with Crippen LogP contribution < -0.4 is 14.4 Å². The van der Waals surface area contributed by atoms with Gasteiger partial charge in [0.05, 0.1) is 18.5 Å². The number of methoxy groups -OCH3 is 1. The van der Waals surface area contributed by atoms with E-state index in [4.69, 9.17) is 19.6 Å². The molecule has 5 rings (SSSR count). The van der Waals surface area contributed by atoms with Crippen molar-refractivity contribution in [3.8, 4) is 22.6 Å². The number of aryl methyl sites for hydroxylation is 1. The van der Waals surface area contributed by atoms with Crippen LogP contribution in [0.3, 0.4) is 0 Å². The summed E-state index contributed by atoms with van der Waals surface area (Å²) < 4.78 is 13.3. The van der Waals surface area contributed by atoms with Crippen LogP contribution in [0, 0.1) is 6.92 Å². The summed E-state index contributed by atoms with van der Waals surface area (Å²) in [4.78, 5) is 10.0. The van der Waals surface area contributed by atoms with Crippen LogP contribution in [-0.2, 0) is 5.41 Å². The lowest BCUT2D eigenvalue weighted by molar-refractivity contribution is 0.200. The summed E-state index contributed by atoms with van der Waals surface area (Å²) >= 11 is 0. The van der Waals surface area contributed by atoms with Crippen LogP contribution in [0.5, 0.6) is 11.5 Å². The zero-order valence-corrected chi connectivity index (χ0v) is 22.6. The van der Waals surface area contributed by atoms with Gasteiger partial charge in [-0.1, -0.05) is 57.2 Å². The number of nitrogens with zero attached hydrogens (tertiary/aromatic N) is 5. The van der Waals surface area contributed by atoms with Gasteiger partial charge in [0.15, 0.2) is 5.65 Å². The van der Waals surface area contributed by atoms with Crippen molar-refractivity contribution in [1.29, 1.82) is 0 Å². The lowest BCUT2D eigenvalue weighted by Gasteiger charge is -2.36. The second-order valence-corrected chi connectivity index (χ2v) is 10.7. The number of hydrogen-bond acceptors (Lipinski definition) is 6. The van der Waals surface area contributed by atoms with Gasteiger partial charge < -0.3 is 14.4 Å². The normalized spacial score (nSPS) is 14.8. The lowest BCUT2D eigenvalue weighted by atomic mass is 9.91. The Bertz CT molecular complexity index is 1350. The fraction of sp³-hybridized carbons (Fsp3) is 0.400. The number of ether oxygens (including phenoxy) is 2. The Morgan fingerprint density at radius 2 is 1.62 bits per heavy atom. The second kappa shape index (κ2) is 10.4. The van der Waals surface area contributed by atoms with Gasteiger partial charge in [0.25, 0.3) is 0 Å². The van der Waals surface area contributed by atoms with Gasteiger partial charge in [0.1, 0.15) is 23.9 Å². The Morgan fingerprint density at radius 1 is 0.892 bits per heavy atom. The molecule has 2 aromatic carbocycles. The SMILES string of the molecule is COc1cccc(OCCN2CCN(c3cc(C(C)(C)C)nc4c(-c5ccccc5)c(C)nn34)CC2)c1. The Morgan fingerprint density at radius 3 is 2.32 bits per heavy atom. The van der Waals surface area contributed by atoms with Crippen LogP contribution in [0.4, 0.5) is 5.82 Å². The van der Waals surface area contributed by atoms with E-state index >= 15 is 0 Å². The summed E-state index contributed by atoms with van der Waals surface area (Å²) in [5.74, 6) is 2.77. The third-order valence-corrected chi connectivity index (χ3v) is 6.99. The molecule has 0 spiro atoms. The van der Waals surface area contributed by atoms with Gasteiger partial charge in [-0.05, 0) is 24.6 Å². The van der Waals surface area contributed by atoms with Gasteiger partial charge in [-0.2, -0.15) is 9.61 Å². The molecule has 7 nitrogen and oxygen atoms in total. The molecule has 0 N–H and O–H groups in total. The summed E-state index contributed by atoms with van der Waals surface area (Å²) in [6, 6.07) is 20.5. The largest absolute Gasteiger partial charge is 0.497 e. The summed E-state index contributed by atoms with van der Waals surface area (Å²) in [6.45, 7) is 14.1. The second-order valence-electron chi connectivity index (χ2n) is 10.7. The first kappa shape index (κ1) is 25.1. The number of hydrogen-bond donors (Lipinski definition) is 0. The van der Waals surface area contributed by atoms with E-state index in [1.165, 1.54) is 0 Å². The quantitative estimate of drug-likeness (QED) is 0.348. The molecular weight excluding hydrogens is 462 g/mol. The van der Waals surface area contributed by atoms with Gasteiger partial charge >= 0.3 is 0 Å². The van der Waals surface area contributed by atoms with Crippen LogP contribution in [0.2, 0.25) is 0 Å². The zero-order valence-electron chi connectivity index (χ0n) is 22.6. The maximum atomic E-state index is 5.97. The lowest BCUT2D eigenvalue weighted by Crippen LogP contribution is -2.48. The van der Waals surface area contributed by atoms with Gasteiger partial charge in [0, 0.05) is 55.8 Å². The van der Waals surface area contributed by atoms with E-state index in [0.717, 1.165) is 78.2 Å². The molecule has 0 bridgehead atoms. The molecule has 0 amide bonds. The molecule has 194 valence electrons. The highest BCUT2D eigenvalue weighted by molar-refractivity contribution is 5.81. The molecule has 7 heteroatoms.